The number of ether oxygens (including phenoxy) is 1. The molecule has 0 saturated heterocycles. The van der Waals surface area contributed by atoms with Crippen molar-refractivity contribution in [2.45, 2.75) is 44.8 Å². The summed E-state index contributed by atoms with van der Waals surface area (Å²) in [5, 5.41) is 3.71. The molecule has 0 aliphatic heterocycles. The Morgan fingerprint density at radius 1 is 1.38 bits per heavy atom. The monoisotopic (exact) mass is 369 g/mol. The number of carbonyl (C=O) groups is 2. The summed E-state index contributed by atoms with van der Waals surface area (Å²) in [7, 11) is 0. The maximum absolute atomic E-state index is 13.3. The van der Waals surface area contributed by atoms with Crippen molar-refractivity contribution >= 4 is 44.9 Å². The van der Waals surface area contributed by atoms with Crippen LogP contribution in [-0.4, -0.2) is 24.0 Å². The fraction of sp³-hybridized carbons (Fsp3) is 0.412. The van der Waals surface area contributed by atoms with Gasteiger partial charge in [-0.3, -0.25) is 4.79 Å². The Morgan fingerprint density at radius 3 is 2.79 bits per heavy atom. The highest BCUT2D eigenvalue weighted by atomic mass is 35.5. The molecular formula is C17H17ClFNO3S. The highest BCUT2D eigenvalue weighted by Crippen LogP contribution is 2.36. The molecule has 0 unspecified atom stereocenters. The summed E-state index contributed by atoms with van der Waals surface area (Å²) in [5.74, 6) is -1.38. The first-order chi connectivity index (χ1) is 11.5. The Hall–Kier alpha value is -1.66. The zero-order chi connectivity index (χ0) is 17.3. The topological polar surface area (TPSA) is 55.4 Å². The van der Waals surface area contributed by atoms with Crippen LogP contribution in [-0.2, 0) is 9.53 Å². The highest BCUT2D eigenvalue weighted by Gasteiger charge is 2.26. The van der Waals surface area contributed by atoms with Crippen LogP contribution in [0.15, 0.2) is 18.2 Å². The minimum Gasteiger partial charge on any atom is -0.448 e. The van der Waals surface area contributed by atoms with Gasteiger partial charge in [0.15, 0.2) is 6.10 Å². The zero-order valence-electron chi connectivity index (χ0n) is 13.1. The molecule has 128 valence electrons. The minimum absolute atomic E-state index is 0.162. The zero-order valence-corrected chi connectivity index (χ0v) is 14.7. The average molecular weight is 370 g/mol. The van der Waals surface area contributed by atoms with Crippen LogP contribution in [0.25, 0.3) is 10.1 Å². The number of nitrogens with one attached hydrogen (secondary N) is 1. The van der Waals surface area contributed by atoms with Crippen LogP contribution < -0.4 is 5.32 Å². The molecule has 0 spiro atoms. The lowest BCUT2D eigenvalue weighted by Crippen LogP contribution is -2.40. The quantitative estimate of drug-likeness (QED) is 0.817. The van der Waals surface area contributed by atoms with Crippen LogP contribution >= 0.6 is 22.9 Å². The fourth-order valence-electron chi connectivity index (χ4n) is 2.83. The van der Waals surface area contributed by atoms with Crippen molar-refractivity contribution in [1.82, 2.24) is 5.32 Å². The Balaban J connectivity index is 1.69. The Labute approximate surface area is 147 Å². The van der Waals surface area contributed by atoms with E-state index in [0.717, 1.165) is 37.0 Å². The third kappa shape index (κ3) is 3.54. The van der Waals surface area contributed by atoms with E-state index in [0.29, 0.717) is 10.1 Å². The summed E-state index contributed by atoms with van der Waals surface area (Å²) in [4.78, 5) is 24.6. The van der Waals surface area contributed by atoms with E-state index in [1.807, 2.05) is 0 Å². The first-order valence-corrected chi connectivity index (χ1v) is 9.04. The fourth-order valence-corrected chi connectivity index (χ4v) is 4.24. The molecule has 1 aromatic carbocycles. The van der Waals surface area contributed by atoms with Crippen LogP contribution in [0.5, 0.6) is 0 Å². The largest absolute Gasteiger partial charge is 0.448 e. The molecule has 3 rings (SSSR count). The maximum atomic E-state index is 13.3. The van der Waals surface area contributed by atoms with Crippen LogP contribution in [0.2, 0.25) is 5.02 Å². The van der Waals surface area contributed by atoms with Crippen molar-refractivity contribution in [3.8, 4) is 0 Å². The number of benzene rings is 1. The van der Waals surface area contributed by atoms with Gasteiger partial charge in [0.2, 0.25) is 0 Å². The van der Waals surface area contributed by atoms with Crippen molar-refractivity contribution in [3.05, 3.63) is 33.9 Å². The van der Waals surface area contributed by atoms with E-state index < -0.39 is 17.9 Å². The molecule has 2 aromatic rings. The van der Waals surface area contributed by atoms with Crippen LogP contribution in [0.4, 0.5) is 4.39 Å². The molecule has 7 heteroatoms. The summed E-state index contributed by atoms with van der Waals surface area (Å²) < 4.78 is 19.1. The predicted octanol–water partition coefficient (Wildman–Crippen LogP) is 4.30. The van der Waals surface area contributed by atoms with E-state index in [9.17, 15) is 14.0 Å². The van der Waals surface area contributed by atoms with Crippen LogP contribution in [0.3, 0.4) is 0 Å². The van der Waals surface area contributed by atoms with Gasteiger partial charge in [0.05, 0.1) is 5.02 Å². The summed E-state index contributed by atoms with van der Waals surface area (Å²) in [6.07, 6.45) is 3.22. The smallest absolute Gasteiger partial charge is 0.350 e. The van der Waals surface area contributed by atoms with E-state index in [1.165, 1.54) is 25.1 Å². The molecule has 1 fully saturated rings. The lowest BCUT2D eigenvalue weighted by atomic mass is 10.2. The van der Waals surface area contributed by atoms with Crippen LogP contribution in [0, 0.1) is 5.82 Å². The molecule has 1 atom stereocenters. The minimum atomic E-state index is -0.906. The lowest BCUT2D eigenvalue weighted by Gasteiger charge is -2.16. The van der Waals surface area contributed by atoms with E-state index in [4.69, 9.17) is 16.3 Å². The van der Waals surface area contributed by atoms with E-state index in [-0.39, 0.29) is 21.8 Å². The molecule has 0 bridgehead atoms. The number of thiophene rings is 1. The third-order valence-electron chi connectivity index (χ3n) is 4.13. The van der Waals surface area contributed by atoms with Gasteiger partial charge in [0, 0.05) is 16.1 Å². The summed E-state index contributed by atoms with van der Waals surface area (Å²) in [6.45, 7) is 1.53. The molecule has 1 aromatic heterocycles. The molecule has 1 heterocycles. The van der Waals surface area contributed by atoms with Crippen molar-refractivity contribution in [1.29, 1.82) is 0 Å². The number of carbonyl (C=O) groups excluding carboxylic acids is 2. The second-order valence-corrected chi connectivity index (χ2v) is 7.35. The van der Waals surface area contributed by atoms with Gasteiger partial charge in [-0.25, -0.2) is 9.18 Å². The first kappa shape index (κ1) is 17.2. The number of hydrogen-bond donors (Lipinski definition) is 1. The molecule has 24 heavy (non-hydrogen) atoms. The third-order valence-corrected chi connectivity index (χ3v) is 5.77. The Morgan fingerprint density at radius 2 is 2.08 bits per heavy atom. The van der Waals surface area contributed by atoms with Gasteiger partial charge < -0.3 is 10.1 Å². The molecular weight excluding hydrogens is 353 g/mol. The van der Waals surface area contributed by atoms with Gasteiger partial charge >= 0.3 is 5.97 Å². The summed E-state index contributed by atoms with van der Waals surface area (Å²) in [6, 6.07) is 4.29. The molecule has 1 saturated carbocycles. The molecule has 1 amide bonds. The second kappa shape index (κ2) is 7.07. The maximum Gasteiger partial charge on any atom is 0.350 e. The number of fused-ring (bicyclic) bond motifs is 1. The number of halogens is 2. The van der Waals surface area contributed by atoms with Crippen molar-refractivity contribution in [2.24, 2.45) is 0 Å². The summed E-state index contributed by atoms with van der Waals surface area (Å²) in [5.41, 5.74) is 0. The first-order valence-electron chi connectivity index (χ1n) is 7.84. The van der Waals surface area contributed by atoms with Gasteiger partial charge in [-0.2, -0.15) is 0 Å². The van der Waals surface area contributed by atoms with Gasteiger partial charge in [0.1, 0.15) is 10.7 Å². The Bertz CT molecular complexity index is 785. The van der Waals surface area contributed by atoms with Crippen molar-refractivity contribution < 1.29 is 18.7 Å². The SMILES string of the molecule is C[C@@H](OC(=O)c1sc2cc(F)ccc2c1Cl)C(=O)NC1CCCC1. The van der Waals surface area contributed by atoms with E-state index in [1.54, 1.807) is 0 Å². The molecule has 0 radical (unpaired) electrons. The number of hydrogen-bond acceptors (Lipinski definition) is 4. The van der Waals surface area contributed by atoms with Gasteiger partial charge in [0.25, 0.3) is 5.91 Å². The average Bonchev–Trinajstić information content (AvgIpc) is 3.15. The normalized spacial score (nSPS) is 16.3. The van der Waals surface area contributed by atoms with Gasteiger partial charge in [-0.05, 0) is 38.0 Å². The second-order valence-electron chi connectivity index (χ2n) is 5.92. The van der Waals surface area contributed by atoms with Crippen LogP contribution in [0.1, 0.15) is 42.3 Å². The van der Waals surface area contributed by atoms with Gasteiger partial charge in [-0.1, -0.05) is 24.4 Å². The van der Waals surface area contributed by atoms with Crippen molar-refractivity contribution in [2.75, 3.05) is 0 Å². The number of amides is 1. The van der Waals surface area contributed by atoms with Gasteiger partial charge in [-0.15, -0.1) is 11.3 Å². The van der Waals surface area contributed by atoms with Crippen molar-refractivity contribution in [3.63, 3.8) is 0 Å². The Kier molecular flexibility index (Phi) is 5.06. The molecule has 1 aliphatic rings. The standard InChI is InChI=1S/C17H17ClFNO3S/c1-9(16(21)20-11-4-2-3-5-11)23-17(22)15-14(18)12-7-6-10(19)8-13(12)24-15/h6-9,11H,2-5H2,1H3,(H,20,21)/t9-/m1/s1. The predicted molar refractivity (Wildman–Crippen MR) is 92.1 cm³/mol. The summed E-state index contributed by atoms with van der Waals surface area (Å²) >= 11 is 7.25. The molecule has 1 aliphatic carbocycles. The lowest BCUT2D eigenvalue weighted by molar-refractivity contribution is -0.129. The molecule has 4 nitrogen and oxygen atoms in total. The number of esters is 1. The molecule has 1 N–H and O–H groups in total. The number of rotatable bonds is 4. The highest BCUT2D eigenvalue weighted by molar-refractivity contribution is 7.21. The van der Waals surface area contributed by atoms with E-state index in [2.05, 4.69) is 5.32 Å². The van der Waals surface area contributed by atoms with E-state index >= 15 is 0 Å².